The number of carbonyl (C=O) groups is 3. The number of nitrogens with zero attached hydrogens (tertiary/aromatic N) is 1. The molecule has 42 heavy (non-hydrogen) atoms. The number of esters is 2. The van der Waals surface area contributed by atoms with Crippen LogP contribution < -0.4 is 0 Å². The van der Waals surface area contributed by atoms with Crippen molar-refractivity contribution in [1.29, 1.82) is 0 Å². The molecule has 3 aromatic rings. The number of carbonyl (C=O) groups excluding carboxylic acids is 3. The zero-order valence-corrected chi connectivity index (χ0v) is 24.7. The van der Waals surface area contributed by atoms with Crippen LogP contribution in [-0.4, -0.2) is 53.4 Å². The van der Waals surface area contributed by atoms with Gasteiger partial charge in [0.1, 0.15) is 11.9 Å². The lowest BCUT2D eigenvalue weighted by atomic mass is 9.49. The first-order chi connectivity index (χ1) is 20.4. The SMILES string of the molecule is COC(=O)[C@H]1Cc2c([nH]c3ccccc23)[C@H](c2ccc(C(=O)OCCC34CC5CC(CC(C5)C3)C4)cc2)N1C(=O)CCl. The van der Waals surface area contributed by atoms with Crippen LogP contribution in [0.3, 0.4) is 0 Å². The second kappa shape index (κ2) is 10.7. The number of para-hydroxylation sites is 1. The van der Waals surface area contributed by atoms with Crippen LogP contribution in [0.5, 0.6) is 0 Å². The number of rotatable bonds is 7. The second-order valence-electron chi connectivity index (χ2n) is 13.1. The topological polar surface area (TPSA) is 88.7 Å². The zero-order chi connectivity index (χ0) is 29.0. The smallest absolute Gasteiger partial charge is 0.338 e. The average Bonchev–Trinajstić information content (AvgIpc) is 3.37. The minimum Gasteiger partial charge on any atom is -0.467 e. The maximum atomic E-state index is 13.2. The number of alkyl halides is 1. The van der Waals surface area contributed by atoms with E-state index in [4.69, 9.17) is 21.1 Å². The molecule has 4 bridgehead atoms. The summed E-state index contributed by atoms with van der Waals surface area (Å²) in [7, 11) is 1.33. The number of hydrogen-bond acceptors (Lipinski definition) is 5. The molecule has 4 aliphatic carbocycles. The maximum absolute atomic E-state index is 13.2. The van der Waals surface area contributed by atoms with Gasteiger partial charge in [0, 0.05) is 23.0 Å². The summed E-state index contributed by atoms with van der Waals surface area (Å²) in [6.07, 6.45) is 9.38. The Morgan fingerprint density at radius 1 is 0.976 bits per heavy atom. The molecule has 220 valence electrons. The highest BCUT2D eigenvalue weighted by molar-refractivity contribution is 6.27. The Balaban J connectivity index is 1.13. The van der Waals surface area contributed by atoms with Gasteiger partial charge in [-0.15, -0.1) is 11.6 Å². The van der Waals surface area contributed by atoms with E-state index < -0.39 is 18.1 Å². The number of methoxy groups -OCH3 is 1. The standard InChI is InChI=1S/C34H37ClN2O5/c1-41-33(40)28-15-26-25-4-2-3-5-27(25)36-30(26)31(37(28)29(38)19-35)23-6-8-24(9-7-23)32(39)42-11-10-34-16-20-12-21(17-34)14-22(13-20)18-34/h2-9,20-22,28,31,36H,10-19H2,1H3/t20?,21?,22?,28-,31+,34?/m1/s1. The summed E-state index contributed by atoms with van der Waals surface area (Å²) < 4.78 is 10.9. The molecule has 1 amide bonds. The number of nitrogens with one attached hydrogen (secondary N) is 1. The van der Waals surface area contributed by atoms with Crippen molar-refractivity contribution < 1.29 is 23.9 Å². The predicted molar refractivity (Wildman–Crippen MR) is 159 cm³/mol. The van der Waals surface area contributed by atoms with Crippen molar-refractivity contribution in [1.82, 2.24) is 9.88 Å². The summed E-state index contributed by atoms with van der Waals surface area (Å²) in [4.78, 5) is 44.3. The molecule has 8 rings (SSSR count). The van der Waals surface area contributed by atoms with E-state index in [0.29, 0.717) is 24.0 Å². The number of aromatic nitrogens is 1. The van der Waals surface area contributed by atoms with Gasteiger partial charge >= 0.3 is 11.9 Å². The summed E-state index contributed by atoms with van der Waals surface area (Å²) in [6, 6.07) is 13.6. The number of aromatic amines is 1. The molecule has 0 radical (unpaired) electrons. The van der Waals surface area contributed by atoms with Crippen LogP contribution in [0, 0.1) is 23.2 Å². The summed E-state index contributed by atoms with van der Waals surface area (Å²) in [5.41, 5.74) is 4.33. The van der Waals surface area contributed by atoms with Gasteiger partial charge in [-0.2, -0.15) is 0 Å². The van der Waals surface area contributed by atoms with Gasteiger partial charge < -0.3 is 19.4 Å². The number of benzene rings is 2. The molecule has 2 atom stereocenters. The average molecular weight is 589 g/mol. The van der Waals surface area contributed by atoms with Crippen LogP contribution in [-0.2, 0) is 25.5 Å². The highest BCUT2D eigenvalue weighted by Gasteiger charge is 2.50. The quantitative estimate of drug-likeness (QED) is 0.263. The van der Waals surface area contributed by atoms with Gasteiger partial charge in [0.15, 0.2) is 0 Å². The fourth-order valence-electron chi connectivity index (χ4n) is 9.17. The molecule has 7 nitrogen and oxygen atoms in total. The van der Waals surface area contributed by atoms with Crippen LogP contribution >= 0.6 is 11.6 Å². The van der Waals surface area contributed by atoms with Crippen molar-refractivity contribution in [2.75, 3.05) is 19.6 Å². The Morgan fingerprint density at radius 3 is 2.29 bits per heavy atom. The molecule has 1 N–H and O–H groups in total. The molecule has 0 unspecified atom stereocenters. The molecule has 0 saturated heterocycles. The summed E-state index contributed by atoms with van der Waals surface area (Å²) in [6.45, 7) is 0.451. The van der Waals surface area contributed by atoms with Crippen LogP contribution in [0.15, 0.2) is 48.5 Å². The van der Waals surface area contributed by atoms with Gasteiger partial charge in [-0.3, -0.25) is 4.79 Å². The largest absolute Gasteiger partial charge is 0.467 e. The molecule has 1 aliphatic heterocycles. The lowest BCUT2D eigenvalue weighted by molar-refractivity contribution is -0.154. The van der Waals surface area contributed by atoms with E-state index in [1.807, 2.05) is 36.4 Å². The van der Waals surface area contributed by atoms with E-state index in [1.54, 1.807) is 12.1 Å². The van der Waals surface area contributed by atoms with Crippen molar-refractivity contribution in [2.24, 2.45) is 23.2 Å². The predicted octanol–water partition coefficient (Wildman–Crippen LogP) is 6.19. The highest BCUT2D eigenvalue weighted by atomic mass is 35.5. The fourth-order valence-corrected chi connectivity index (χ4v) is 9.31. The first kappa shape index (κ1) is 27.5. The number of ether oxygens (including phenoxy) is 2. The van der Waals surface area contributed by atoms with Gasteiger partial charge in [0.05, 0.1) is 25.3 Å². The van der Waals surface area contributed by atoms with Crippen molar-refractivity contribution in [3.63, 3.8) is 0 Å². The van der Waals surface area contributed by atoms with Crippen molar-refractivity contribution in [3.05, 3.63) is 70.9 Å². The maximum Gasteiger partial charge on any atom is 0.338 e. The molecular formula is C34H37ClN2O5. The number of hydrogen-bond donors (Lipinski definition) is 1. The van der Waals surface area contributed by atoms with Gasteiger partial charge in [-0.25, -0.2) is 9.59 Å². The third kappa shape index (κ3) is 4.70. The van der Waals surface area contributed by atoms with Gasteiger partial charge in [0.2, 0.25) is 5.91 Å². The van der Waals surface area contributed by atoms with E-state index in [0.717, 1.165) is 51.9 Å². The first-order valence-electron chi connectivity index (χ1n) is 15.2. The van der Waals surface area contributed by atoms with Crippen LogP contribution in [0.4, 0.5) is 0 Å². The molecule has 8 heteroatoms. The molecular weight excluding hydrogens is 552 g/mol. The third-order valence-corrected chi connectivity index (χ3v) is 10.7. The lowest BCUT2D eigenvalue weighted by Gasteiger charge is -2.57. The van der Waals surface area contributed by atoms with Crippen LogP contribution in [0.25, 0.3) is 10.9 Å². The van der Waals surface area contributed by atoms with Crippen LogP contribution in [0.1, 0.15) is 78.2 Å². The number of amides is 1. The Labute approximate surface area is 250 Å². The molecule has 2 aromatic carbocycles. The van der Waals surface area contributed by atoms with Crippen LogP contribution in [0.2, 0.25) is 0 Å². The molecule has 5 aliphatic rings. The zero-order valence-electron chi connectivity index (χ0n) is 23.9. The first-order valence-corrected chi connectivity index (χ1v) is 15.7. The Hall–Kier alpha value is -3.32. The Kier molecular flexibility index (Phi) is 7.04. The summed E-state index contributed by atoms with van der Waals surface area (Å²) in [5, 5.41) is 1.00. The van der Waals surface area contributed by atoms with E-state index in [-0.39, 0.29) is 17.8 Å². The minimum atomic E-state index is -0.827. The van der Waals surface area contributed by atoms with Crippen molar-refractivity contribution in [3.8, 4) is 0 Å². The van der Waals surface area contributed by atoms with E-state index in [2.05, 4.69) is 4.98 Å². The lowest BCUT2D eigenvalue weighted by Crippen LogP contribution is -2.52. The van der Waals surface area contributed by atoms with E-state index in [9.17, 15) is 14.4 Å². The van der Waals surface area contributed by atoms with Crippen molar-refractivity contribution >= 4 is 40.3 Å². The Morgan fingerprint density at radius 2 is 1.64 bits per heavy atom. The second-order valence-corrected chi connectivity index (χ2v) is 13.3. The molecule has 4 fully saturated rings. The van der Waals surface area contributed by atoms with Gasteiger partial charge in [-0.1, -0.05) is 30.3 Å². The normalized spacial score (nSPS) is 29.4. The number of halogens is 1. The third-order valence-electron chi connectivity index (χ3n) is 10.5. The Bertz CT molecular complexity index is 1490. The van der Waals surface area contributed by atoms with Gasteiger partial charge in [0.25, 0.3) is 0 Å². The fraction of sp³-hybridized carbons (Fsp3) is 0.500. The molecule has 4 saturated carbocycles. The molecule has 2 heterocycles. The monoisotopic (exact) mass is 588 g/mol. The highest BCUT2D eigenvalue weighted by Crippen LogP contribution is 2.61. The van der Waals surface area contributed by atoms with E-state index in [1.165, 1.54) is 50.5 Å². The minimum absolute atomic E-state index is 0.270. The molecule has 1 aromatic heterocycles. The van der Waals surface area contributed by atoms with E-state index >= 15 is 0 Å². The van der Waals surface area contributed by atoms with Gasteiger partial charge in [-0.05, 0) is 97.4 Å². The van der Waals surface area contributed by atoms with Crippen molar-refractivity contribution in [2.45, 2.75) is 63.5 Å². The molecule has 0 spiro atoms. The summed E-state index contributed by atoms with van der Waals surface area (Å²) >= 11 is 6.06. The number of fused-ring (bicyclic) bond motifs is 3. The summed E-state index contributed by atoms with van der Waals surface area (Å²) in [5.74, 6) is 1.17. The number of H-pyrrole nitrogens is 1.